The largest absolute Gasteiger partial charge is 0.477 e. The molecule has 0 bridgehead atoms. The number of quaternary nitrogens is 1. The number of nitrogen functional groups attached to an aromatic ring is 1. The van der Waals surface area contributed by atoms with Gasteiger partial charge >= 0.3 is 5.97 Å². The minimum atomic E-state index is -1.17. The number of aliphatic carboxylic acids is 1. The Balaban J connectivity index is 1.26. The summed E-state index contributed by atoms with van der Waals surface area (Å²) < 4.78 is 0.768. The van der Waals surface area contributed by atoms with E-state index in [1.807, 2.05) is 0 Å². The molecule has 2 atom stereocenters. The highest BCUT2D eigenvalue weighted by atomic mass is 32.2. The molecule has 0 unspecified atom stereocenters. The number of nitrogens with two attached hydrogens (primary N) is 1. The number of hydrogen-bond acceptors (Lipinski definition) is 12. The van der Waals surface area contributed by atoms with E-state index in [-0.39, 0.29) is 27.5 Å². The van der Waals surface area contributed by atoms with Gasteiger partial charge in [0.15, 0.2) is 10.8 Å². The van der Waals surface area contributed by atoms with Crippen molar-refractivity contribution in [3.8, 4) is 0 Å². The highest BCUT2D eigenvalue weighted by Gasteiger charge is 2.55. The average molecular weight is 557 g/mol. The predicted molar refractivity (Wildman–Crippen MR) is 137 cm³/mol. The lowest BCUT2D eigenvalue weighted by Crippen LogP contribution is -2.71. The number of thioether (sulfide) groups is 3. The van der Waals surface area contributed by atoms with Gasteiger partial charge in [0.05, 0.1) is 13.6 Å². The number of fused-ring (bicyclic) bond motifs is 1. The molecule has 2 amide bonds. The smallest absolute Gasteiger partial charge is 0.353 e. The molecule has 4 aliphatic heterocycles. The molecule has 4 aliphatic rings. The third-order valence-electron chi connectivity index (χ3n) is 6.06. The lowest BCUT2D eigenvalue weighted by Gasteiger charge is -2.50. The number of amides is 2. The Morgan fingerprint density at radius 3 is 2.77 bits per heavy atom. The van der Waals surface area contributed by atoms with Crippen molar-refractivity contribution < 1.29 is 29.2 Å². The zero-order valence-electron chi connectivity index (χ0n) is 18.4. The van der Waals surface area contributed by atoms with Crippen LogP contribution >= 0.6 is 46.6 Å². The molecular weight excluding hydrogens is 535 g/mol. The van der Waals surface area contributed by atoms with Crippen LogP contribution in [0.1, 0.15) is 5.69 Å². The Morgan fingerprint density at radius 2 is 2.17 bits per heavy atom. The Morgan fingerprint density at radius 1 is 1.40 bits per heavy atom. The first-order valence-electron chi connectivity index (χ1n) is 10.6. The molecule has 186 valence electrons. The Hall–Kier alpha value is -2.27. The Kier molecular flexibility index (Phi) is 6.50. The van der Waals surface area contributed by atoms with Gasteiger partial charge in [-0.25, -0.2) is 14.8 Å². The van der Waals surface area contributed by atoms with Crippen molar-refractivity contribution in [2.24, 2.45) is 10.1 Å². The van der Waals surface area contributed by atoms with Gasteiger partial charge in [-0.3, -0.25) is 19.0 Å². The van der Waals surface area contributed by atoms with Gasteiger partial charge in [-0.15, -0.1) is 34.9 Å². The number of oxime groups is 1. The summed E-state index contributed by atoms with van der Waals surface area (Å²) in [5, 5.41) is 27.2. The van der Waals surface area contributed by atoms with E-state index in [9.17, 15) is 24.7 Å². The van der Waals surface area contributed by atoms with Crippen LogP contribution in [0.2, 0.25) is 0 Å². The molecular formula is C19H22N7O5S4+. The highest BCUT2D eigenvalue weighted by Crippen LogP contribution is 2.46. The molecule has 35 heavy (non-hydrogen) atoms. The van der Waals surface area contributed by atoms with Crippen molar-refractivity contribution in [3.05, 3.63) is 21.7 Å². The fourth-order valence-corrected chi connectivity index (χ4v) is 9.16. The molecule has 0 saturated carbocycles. The van der Waals surface area contributed by atoms with E-state index in [1.54, 1.807) is 11.8 Å². The second-order valence-electron chi connectivity index (χ2n) is 8.47. The number of nitrogens with one attached hydrogen (secondary N) is 1. The monoisotopic (exact) mass is 556 g/mol. The number of thiazole rings is 1. The van der Waals surface area contributed by atoms with Crippen LogP contribution in [0.3, 0.4) is 0 Å². The van der Waals surface area contributed by atoms with Crippen LogP contribution in [0.15, 0.2) is 26.1 Å². The number of anilines is 1. The maximum atomic E-state index is 12.9. The number of carbonyl (C=O) groups is 3. The van der Waals surface area contributed by atoms with Gasteiger partial charge in [0.25, 0.3) is 17.0 Å². The number of carbonyl (C=O) groups excluding carboxylic acids is 2. The van der Waals surface area contributed by atoms with Crippen molar-refractivity contribution >= 4 is 80.4 Å². The Bertz CT molecular complexity index is 1190. The first kappa shape index (κ1) is 24.4. The fourth-order valence-electron chi connectivity index (χ4n) is 4.43. The third-order valence-corrected chi connectivity index (χ3v) is 10.7. The van der Waals surface area contributed by atoms with Gasteiger partial charge < -0.3 is 21.4 Å². The van der Waals surface area contributed by atoms with Gasteiger partial charge in [0.2, 0.25) is 0 Å². The van der Waals surface area contributed by atoms with Crippen LogP contribution in [0.5, 0.6) is 0 Å². The normalized spacial score (nSPS) is 30.4. The van der Waals surface area contributed by atoms with E-state index < -0.39 is 29.2 Å². The van der Waals surface area contributed by atoms with Crippen LogP contribution in [-0.4, -0.2) is 108 Å². The van der Waals surface area contributed by atoms with E-state index in [0.29, 0.717) is 10.7 Å². The predicted octanol–water partition coefficient (Wildman–Crippen LogP) is 0.265. The van der Waals surface area contributed by atoms with Crippen LogP contribution in [0, 0.1) is 0 Å². The SMILES string of the molecule is C[N+]1(C2=NCCS2)CC(SC2=C(C(=O)O)N3C(=O)[C@@H](NC(=O)/C(=N\O)c4csc(N)n4)[C@H]3SC2)C1. The maximum absolute atomic E-state index is 12.9. The van der Waals surface area contributed by atoms with Crippen LogP contribution in [0.25, 0.3) is 0 Å². The summed E-state index contributed by atoms with van der Waals surface area (Å²) in [7, 11) is 2.14. The number of amidine groups is 1. The number of carboxylic acid groups (broad SMARTS) is 1. The van der Waals surface area contributed by atoms with E-state index in [1.165, 1.54) is 33.8 Å². The third kappa shape index (κ3) is 4.30. The molecule has 5 rings (SSSR count). The van der Waals surface area contributed by atoms with Crippen molar-refractivity contribution in [3.63, 3.8) is 0 Å². The number of hydrogen-bond donors (Lipinski definition) is 4. The molecule has 2 fully saturated rings. The lowest BCUT2D eigenvalue weighted by atomic mass is 10.0. The summed E-state index contributed by atoms with van der Waals surface area (Å²) in [6.07, 6.45) is 0. The molecule has 5 heterocycles. The molecule has 1 aromatic heterocycles. The number of carboxylic acids is 1. The minimum Gasteiger partial charge on any atom is -0.477 e. The van der Waals surface area contributed by atoms with Crippen LogP contribution < -0.4 is 11.1 Å². The number of β-lactam (4-membered cyclic amide) rings is 1. The molecule has 5 N–H and O–H groups in total. The second kappa shape index (κ2) is 9.31. The highest BCUT2D eigenvalue weighted by molar-refractivity contribution is 8.13. The van der Waals surface area contributed by atoms with Crippen molar-refractivity contribution in [1.29, 1.82) is 0 Å². The molecule has 16 heteroatoms. The molecule has 1 aromatic rings. The molecule has 0 aliphatic carbocycles. The van der Waals surface area contributed by atoms with Gasteiger partial charge in [-0.2, -0.15) is 0 Å². The summed E-state index contributed by atoms with van der Waals surface area (Å²) >= 11 is 5.77. The number of aliphatic imine (C=N–C) groups is 1. The standard InChI is InChI=1S/C19H21N7O5S4/c1-26(19-21-2-3-32-19)4-8(5-26)35-10-7-33-16-12(15(28)25(16)13(10)17(29)30)23-14(27)11(24-31)9-6-34-18(20)22-9/h6,8,12,16H,2-5,7H2,1H3,(H4-,20,22,23,27,29,30,31)/p+1/t8?,12-,16-,26?/m1/s1. The second-order valence-corrected chi connectivity index (χ2v) is 12.9. The van der Waals surface area contributed by atoms with Crippen LogP contribution in [-0.2, 0) is 14.4 Å². The quantitative estimate of drug-likeness (QED) is 0.125. The fraction of sp³-hybridized carbons (Fsp3) is 0.474. The minimum absolute atomic E-state index is 0.0220. The van der Waals surface area contributed by atoms with Gasteiger partial charge in [-0.05, 0) is 11.8 Å². The van der Waals surface area contributed by atoms with Crippen molar-refractivity contribution in [2.45, 2.75) is 16.7 Å². The Labute approximate surface area is 216 Å². The number of aromatic nitrogens is 1. The van der Waals surface area contributed by atoms with E-state index in [2.05, 4.69) is 27.5 Å². The maximum Gasteiger partial charge on any atom is 0.353 e. The zero-order chi connectivity index (χ0) is 24.9. The average Bonchev–Trinajstić information content (AvgIpc) is 3.49. The van der Waals surface area contributed by atoms with E-state index in [0.717, 1.165) is 46.4 Å². The van der Waals surface area contributed by atoms with E-state index in [4.69, 9.17) is 5.73 Å². The number of nitrogens with zero attached hydrogens (tertiary/aromatic N) is 5. The summed E-state index contributed by atoms with van der Waals surface area (Å²) in [5.74, 6) is -1.06. The van der Waals surface area contributed by atoms with Gasteiger partial charge in [0, 0.05) is 21.8 Å². The molecule has 0 spiro atoms. The molecule has 2 saturated heterocycles. The first-order chi connectivity index (χ1) is 16.7. The number of likely N-dealkylation sites (tertiary alicyclic amines) is 1. The zero-order valence-corrected chi connectivity index (χ0v) is 21.7. The summed E-state index contributed by atoms with van der Waals surface area (Å²) in [4.78, 5) is 48.1. The van der Waals surface area contributed by atoms with Crippen molar-refractivity contribution in [1.82, 2.24) is 15.2 Å². The molecule has 0 aromatic carbocycles. The summed E-state index contributed by atoms with van der Waals surface area (Å²) in [6.45, 7) is 2.56. The molecule has 0 radical (unpaired) electrons. The topological polar surface area (TPSA) is 171 Å². The summed E-state index contributed by atoms with van der Waals surface area (Å²) in [5.41, 5.74) is 5.27. The van der Waals surface area contributed by atoms with Gasteiger partial charge in [-0.1, -0.05) is 5.16 Å². The van der Waals surface area contributed by atoms with Crippen molar-refractivity contribution in [2.75, 3.05) is 43.9 Å². The first-order valence-corrected chi connectivity index (χ1v) is 14.4. The summed E-state index contributed by atoms with van der Waals surface area (Å²) in [6, 6.07) is -0.942. The molecule has 12 nitrogen and oxygen atoms in total. The van der Waals surface area contributed by atoms with E-state index >= 15 is 0 Å². The lowest BCUT2D eigenvalue weighted by molar-refractivity contribution is -0.855. The number of rotatable bonds is 6. The van der Waals surface area contributed by atoms with Gasteiger partial charge in [0.1, 0.15) is 41.1 Å². The van der Waals surface area contributed by atoms with Crippen LogP contribution in [0.4, 0.5) is 5.13 Å².